The van der Waals surface area contributed by atoms with Gasteiger partial charge in [-0.05, 0) is 24.7 Å². The van der Waals surface area contributed by atoms with Gasteiger partial charge in [-0.1, -0.05) is 6.58 Å². The van der Waals surface area contributed by atoms with Crippen LogP contribution >= 0.6 is 0 Å². The minimum atomic E-state index is -5.52. The van der Waals surface area contributed by atoms with Gasteiger partial charge in [0.25, 0.3) is 5.60 Å². The van der Waals surface area contributed by atoms with Crippen LogP contribution in [0.4, 0.5) is 26.3 Å². The zero-order valence-electron chi connectivity index (χ0n) is 10.2. The van der Waals surface area contributed by atoms with Gasteiger partial charge in [0.15, 0.2) is 0 Å². The highest BCUT2D eigenvalue weighted by Crippen LogP contribution is 2.68. The topological polar surface area (TPSA) is 18.5 Å². The molecule has 3 unspecified atom stereocenters. The maximum atomic E-state index is 13.2. The summed E-state index contributed by atoms with van der Waals surface area (Å²) < 4.78 is 88.9. The average Bonchev–Trinajstić information content (AvgIpc) is 2.84. The molecule has 2 bridgehead atoms. The first kappa shape index (κ1) is 14.0. The first-order valence-electron chi connectivity index (χ1n) is 6.21. The van der Waals surface area contributed by atoms with Gasteiger partial charge in [-0.3, -0.25) is 0 Å². The molecule has 5 atom stereocenters. The van der Waals surface area contributed by atoms with E-state index in [1.807, 2.05) is 0 Å². The summed E-state index contributed by atoms with van der Waals surface area (Å²) in [5, 5.41) is 0. The Hall–Kier alpha value is -0.920. The third-order valence-corrected chi connectivity index (χ3v) is 4.77. The lowest BCUT2D eigenvalue weighted by molar-refractivity contribution is -0.387. The largest absolute Gasteiger partial charge is 0.498 e. The predicted octanol–water partition coefficient (Wildman–Crippen LogP) is 3.43. The van der Waals surface area contributed by atoms with Crippen molar-refractivity contribution < 1.29 is 35.8 Å². The average molecular weight is 302 g/mol. The summed E-state index contributed by atoms with van der Waals surface area (Å²) in [7, 11) is 0. The van der Waals surface area contributed by atoms with Crippen LogP contribution in [0.2, 0.25) is 0 Å². The summed E-state index contributed by atoms with van der Waals surface area (Å²) in [6, 6.07) is 0. The molecule has 0 N–H and O–H groups in total. The van der Waals surface area contributed by atoms with E-state index in [0.717, 1.165) is 6.26 Å². The fraction of sp³-hybridized carbons (Fsp3) is 0.833. The molecule has 20 heavy (non-hydrogen) atoms. The molecule has 3 fully saturated rings. The summed E-state index contributed by atoms with van der Waals surface area (Å²) in [5.41, 5.74) is -4.12. The molecule has 114 valence electrons. The van der Waals surface area contributed by atoms with E-state index in [4.69, 9.17) is 4.74 Å². The first-order valence-corrected chi connectivity index (χ1v) is 6.21. The number of ether oxygens (including phenoxy) is 2. The normalized spacial score (nSPS) is 42.0. The number of fused-ring (bicyclic) bond motifs is 1. The van der Waals surface area contributed by atoms with Gasteiger partial charge >= 0.3 is 12.4 Å². The van der Waals surface area contributed by atoms with Crippen LogP contribution in [0.25, 0.3) is 0 Å². The molecular weight excluding hydrogens is 290 g/mol. The Labute approximate surface area is 110 Å². The van der Waals surface area contributed by atoms with Gasteiger partial charge in [0.05, 0.1) is 12.4 Å². The highest BCUT2D eigenvalue weighted by Gasteiger charge is 2.85. The van der Waals surface area contributed by atoms with Crippen LogP contribution in [0.15, 0.2) is 12.8 Å². The Kier molecular flexibility index (Phi) is 2.69. The monoisotopic (exact) mass is 302 g/mol. The molecule has 0 aromatic rings. The highest BCUT2D eigenvalue weighted by molar-refractivity contribution is 5.20. The Balaban J connectivity index is 2.10. The van der Waals surface area contributed by atoms with Crippen molar-refractivity contribution in [1.29, 1.82) is 0 Å². The molecule has 0 aromatic carbocycles. The quantitative estimate of drug-likeness (QED) is 0.575. The zero-order chi connectivity index (χ0) is 14.9. The standard InChI is InChI=1S/C12H12F6O2/c1-2-19-9-5-3-6-7(4-5)20-10(8(6)9,11(13,14)15)12(16,17)18/h2,5-9H,1,3-4H2/t5-,6-,7?,8?,9?/m1/s1. The molecule has 3 aliphatic rings. The molecule has 1 heterocycles. The van der Waals surface area contributed by atoms with Crippen molar-refractivity contribution in [1.82, 2.24) is 0 Å². The number of rotatable bonds is 2. The van der Waals surface area contributed by atoms with Crippen LogP contribution in [0.3, 0.4) is 0 Å². The minimum absolute atomic E-state index is 0.174. The summed E-state index contributed by atoms with van der Waals surface area (Å²) in [6.45, 7) is 3.24. The Morgan fingerprint density at radius 3 is 2.20 bits per heavy atom. The maximum Gasteiger partial charge on any atom is 0.426 e. The molecule has 2 saturated carbocycles. The SMILES string of the molecule is C=COC1C2[C@@H]3C[C@@H]1CC3OC2(C(F)(F)F)C(F)(F)F. The molecule has 2 aliphatic carbocycles. The summed E-state index contributed by atoms with van der Waals surface area (Å²) in [6.07, 6.45) is -11.8. The molecule has 1 saturated heterocycles. The van der Waals surface area contributed by atoms with Gasteiger partial charge in [0.1, 0.15) is 6.10 Å². The van der Waals surface area contributed by atoms with Gasteiger partial charge in [-0.25, -0.2) is 0 Å². The molecular formula is C12H12F6O2. The molecule has 0 aromatic heterocycles. The zero-order valence-corrected chi connectivity index (χ0v) is 10.2. The third-order valence-electron chi connectivity index (χ3n) is 4.77. The second-order valence-electron chi connectivity index (χ2n) is 5.58. The Morgan fingerprint density at radius 1 is 1.10 bits per heavy atom. The molecule has 0 amide bonds. The minimum Gasteiger partial charge on any atom is -0.498 e. The summed E-state index contributed by atoms with van der Waals surface area (Å²) >= 11 is 0. The van der Waals surface area contributed by atoms with Crippen LogP contribution in [-0.2, 0) is 9.47 Å². The van der Waals surface area contributed by atoms with E-state index in [1.54, 1.807) is 0 Å². The van der Waals surface area contributed by atoms with E-state index in [2.05, 4.69) is 11.3 Å². The lowest BCUT2D eigenvalue weighted by atomic mass is 9.76. The third kappa shape index (κ3) is 1.46. The van der Waals surface area contributed by atoms with Crippen LogP contribution < -0.4 is 0 Å². The van der Waals surface area contributed by atoms with Crippen molar-refractivity contribution in [3.63, 3.8) is 0 Å². The van der Waals surface area contributed by atoms with Gasteiger partial charge < -0.3 is 9.47 Å². The number of alkyl halides is 6. The first-order chi connectivity index (χ1) is 9.13. The van der Waals surface area contributed by atoms with E-state index in [0.29, 0.717) is 0 Å². The van der Waals surface area contributed by atoms with E-state index in [-0.39, 0.29) is 18.8 Å². The highest BCUT2D eigenvalue weighted by atomic mass is 19.4. The lowest BCUT2D eigenvalue weighted by Crippen LogP contribution is -2.62. The van der Waals surface area contributed by atoms with E-state index < -0.39 is 42.0 Å². The lowest BCUT2D eigenvalue weighted by Gasteiger charge is -2.39. The van der Waals surface area contributed by atoms with Gasteiger partial charge in [-0.2, -0.15) is 26.3 Å². The second-order valence-corrected chi connectivity index (χ2v) is 5.58. The maximum absolute atomic E-state index is 13.2. The van der Waals surface area contributed by atoms with Crippen molar-refractivity contribution in [2.75, 3.05) is 0 Å². The molecule has 0 radical (unpaired) electrons. The van der Waals surface area contributed by atoms with Crippen molar-refractivity contribution in [3.05, 3.63) is 12.8 Å². The molecule has 0 spiro atoms. The van der Waals surface area contributed by atoms with Crippen LogP contribution in [0, 0.1) is 17.8 Å². The van der Waals surface area contributed by atoms with Gasteiger partial charge in [-0.15, -0.1) is 0 Å². The molecule has 1 aliphatic heterocycles. The molecule has 3 rings (SSSR count). The number of hydrogen-bond donors (Lipinski definition) is 0. The van der Waals surface area contributed by atoms with Crippen molar-refractivity contribution in [3.8, 4) is 0 Å². The second kappa shape index (κ2) is 3.84. The smallest absolute Gasteiger partial charge is 0.426 e. The number of halogens is 6. The predicted molar refractivity (Wildman–Crippen MR) is 54.5 cm³/mol. The summed E-state index contributed by atoms with van der Waals surface area (Å²) in [5.74, 6) is -2.84. The molecule has 2 nitrogen and oxygen atoms in total. The number of hydrogen-bond acceptors (Lipinski definition) is 2. The van der Waals surface area contributed by atoms with Gasteiger partial charge in [0, 0.05) is 5.92 Å². The summed E-state index contributed by atoms with van der Waals surface area (Å²) in [4.78, 5) is 0. The van der Waals surface area contributed by atoms with E-state index in [1.165, 1.54) is 0 Å². The fourth-order valence-electron chi connectivity index (χ4n) is 4.22. The van der Waals surface area contributed by atoms with Crippen molar-refractivity contribution >= 4 is 0 Å². The fourth-order valence-corrected chi connectivity index (χ4v) is 4.22. The van der Waals surface area contributed by atoms with E-state index in [9.17, 15) is 26.3 Å². The van der Waals surface area contributed by atoms with Crippen LogP contribution in [0.1, 0.15) is 12.8 Å². The van der Waals surface area contributed by atoms with Crippen molar-refractivity contribution in [2.45, 2.75) is 43.0 Å². The molecule has 8 heteroatoms. The van der Waals surface area contributed by atoms with Crippen molar-refractivity contribution in [2.24, 2.45) is 17.8 Å². The van der Waals surface area contributed by atoms with Crippen LogP contribution in [0.5, 0.6) is 0 Å². The van der Waals surface area contributed by atoms with Gasteiger partial charge in [0.2, 0.25) is 0 Å². The van der Waals surface area contributed by atoms with Crippen LogP contribution in [-0.4, -0.2) is 30.2 Å². The Bertz CT molecular complexity index is 413. The Morgan fingerprint density at radius 2 is 1.70 bits per heavy atom. The van der Waals surface area contributed by atoms with E-state index >= 15 is 0 Å².